The fourth-order valence-corrected chi connectivity index (χ4v) is 3.82. The molecule has 18 heavy (non-hydrogen) atoms. The Morgan fingerprint density at radius 1 is 0.944 bits per heavy atom. The molecule has 0 bridgehead atoms. The highest BCUT2D eigenvalue weighted by molar-refractivity contribution is 6.75. The van der Waals surface area contributed by atoms with Gasteiger partial charge in [0.05, 0.1) is 0 Å². The summed E-state index contributed by atoms with van der Waals surface area (Å²) in [4.78, 5) is 0. The molecular weight excluding hydrogens is 252 g/mol. The first-order chi connectivity index (χ1) is 8.46. The van der Waals surface area contributed by atoms with E-state index in [9.17, 15) is 0 Å². The Morgan fingerprint density at radius 2 is 1.50 bits per heavy atom. The largest absolute Gasteiger partial charge is 0.536 e. The van der Waals surface area contributed by atoms with E-state index in [0.29, 0.717) is 5.75 Å². The highest BCUT2D eigenvalue weighted by Crippen LogP contribution is 2.38. The number of benzene rings is 1. The normalized spacial score (nSPS) is 16.9. The van der Waals surface area contributed by atoms with Crippen LogP contribution in [0.15, 0.2) is 18.2 Å². The van der Waals surface area contributed by atoms with Gasteiger partial charge in [0.2, 0.25) is 5.79 Å². The van der Waals surface area contributed by atoms with Gasteiger partial charge in [0.25, 0.3) is 0 Å². The fraction of sp³-hybridized carbons (Fsp3) is 0.500. The van der Waals surface area contributed by atoms with Crippen LogP contribution in [0.3, 0.4) is 0 Å². The summed E-state index contributed by atoms with van der Waals surface area (Å²) in [5, 5.41) is 0.843. The van der Waals surface area contributed by atoms with E-state index in [-0.39, 0.29) is 0 Å². The van der Waals surface area contributed by atoms with Gasteiger partial charge in [-0.25, -0.2) is 0 Å². The minimum Gasteiger partial charge on any atom is -0.449 e. The number of hydrogen-bond donors (Lipinski definition) is 0. The molecule has 0 radical (unpaired) electrons. The van der Waals surface area contributed by atoms with Gasteiger partial charge in [-0.3, -0.25) is 0 Å². The standard InChI is InChI=1S/C12H18O5Si/c1-12(2)16-10-7-6-9(8-11(10)17-12)18(13-3,14-4)15-5/h6-8H,1-5H3. The molecule has 0 amide bonds. The highest BCUT2D eigenvalue weighted by atomic mass is 28.4. The lowest BCUT2D eigenvalue weighted by Crippen LogP contribution is -2.54. The van der Waals surface area contributed by atoms with Crippen LogP contribution >= 0.6 is 0 Å². The number of rotatable bonds is 4. The number of ether oxygens (including phenoxy) is 2. The van der Waals surface area contributed by atoms with Crippen LogP contribution in [0.1, 0.15) is 13.8 Å². The summed E-state index contributed by atoms with van der Waals surface area (Å²) < 4.78 is 27.6. The third-order valence-electron chi connectivity index (χ3n) is 2.81. The van der Waals surface area contributed by atoms with Crippen LogP contribution in [0, 0.1) is 0 Å². The molecule has 5 nitrogen and oxygen atoms in total. The van der Waals surface area contributed by atoms with Crippen molar-refractivity contribution in [3.63, 3.8) is 0 Å². The molecule has 0 N–H and O–H groups in total. The first-order valence-electron chi connectivity index (χ1n) is 5.64. The zero-order chi connectivity index (χ0) is 13.4. The van der Waals surface area contributed by atoms with Gasteiger partial charge in [-0.1, -0.05) is 6.07 Å². The predicted molar refractivity (Wildman–Crippen MR) is 68.2 cm³/mol. The van der Waals surface area contributed by atoms with E-state index in [1.807, 2.05) is 32.0 Å². The summed E-state index contributed by atoms with van der Waals surface area (Å²) in [6, 6.07) is 5.58. The average Bonchev–Trinajstić information content (AvgIpc) is 2.65. The lowest BCUT2D eigenvalue weighted by molar-refractivity contribution is -0.0431. The van der Waals surface area contributed by atoms with Crippen molar-refractivity contribution in [2.45, 2.75) is 19.6 Å². The van der Waals surface area contributed by atoms with Crippen LogP contribution in [-0.4, -0.2) is 35.9 Å². The second-order valence-corrected chi connectivity index (χ2v) is 7.35. The first kappa shape index (κ1) is 13.4. The fourth-order valence-electron chi connectivity index (χ4n) is 2.02. The summed E-state index contributed by atoms with van der Waals surface area (Å²) in [6.07, 6.45) is 0. The van der Waals surface area contributed by atoms with Crippen molar-refractivity contribution in [1.82, 2.24) is 0 Å². The maximum absolute atomic E-state index is 5.70. The summed E-state index contributed by atoms with van der Waals surface area (Å²) in [7, 11) is 1.91. The topological polar surface area (TPSA) is 46.2 Å². The molecule has 0 atom stereocenters. The molecule has 1 heterocycles. The van der Waals surface area contributed by atoms with Gasteiger partial charge >= 0.3 is 8.80 Å². The molecule has 0 unspecified atom stereocenters. The Hall–Kier alpha value is -1.08. The third kappa shape index (κ3) is 2.12. The van der Waals surface area contributed by atoms with Gasteiger partial charge in [-0.2, -0.15) is 0 Å². The van der Waals surface area contributed by atoms with E-state index in [0.717, 1.165) is 10.9 Å². The van der Waals surface area contributed by atoms with E-state index in [2.05, 4.69) is 0 Å². The van der Waals surface area contributed by atoms with Crippen molar-refractivity contribution >= 4 is 14.0 Å². The Balaban J connectivity index is 2.39. The molecule has 0 saturated carbocycles. The van der Waals surface area contributed by atoms with Crippen molar-refractivity contribution in [2.24, 2.45) is 0 Å². The molecule has 6 heteroatoms. The SMILES string of the molecule is CO[Si](OC)(OC)c1ccc2c(c1)OC(C)(C)O2. The summed E-state index contributed by atoms with van der Waals surface area (Å²) in [6.45, 7) is 3.72. The highest BCUT2D eigenvalue weighted by Gasteiger charge is 2.42. The summed E-state index contributed by atoms with van der Waals surface area (Å²) in [5.41, 5.74) is 0. The maximum Gasteiger partial charge on any atom is 0.536 e. The molecule has 0 saturated heterocycles. The van der Waals surface area contributed by atoms with Gasteiger partial charge < -0.3 is 22.8 Å². The molecule has 1 aliphatic rings. The maximum atomic E-state index is 5.70. The van der Waals surface area contributed by atoms with Crippen molar-refractivity contribution in [3.05, 3.63) is 18.2 Å². The number of fused-ring (bicyclic) bond motifs is 1. The van der Waals surface area contributed by atoms with Crippen molar-refractivity contribution in [3.8, 4) is 11.5 Å². The first-order valence-corrected chi connectivity index (χ1v) is 7.37. The average molecular weight is 270 g/mol. The van der Waals surface area contributed by atoms with E-state index in [4.69, 9.17) is 22.8 Å². The minimum absolute atomic E-state index is 0.640. The zero-order valence-electron chi connectivity index (χ0n) is 11.3. The second kappa shape index (κ2) is 4.54. The van der Waals surface area contributed by atoms with Crippen molar-refractivity contribution in [2.75, 3.05) is 21.3 Å². The molecule has 0 fully saturated rings. The van der Waals surface area contributed by atoms with Crippen LogP contribution in [0.25, 0.3) is 0 Å². The van der Waals surface area contributed by atoms with Crippen LogP contribution in [-0.2, 0) is 13.3 Å². The van der Waals surface area contributed by atoms with E-state index < -0.39 is 14.6 Å². The summed E-state index contributed by atoms with van der Waals surface area (Å²) in [5.74, 6) is 0.758. The molecule has 0 spiro atoms. The predicted octanol–water partition coefficient (Wildman–Crippen LogP) is 1.28. The monoisotopic (exact) mass is 270 g/mol. The molecule has 1 aliphatic heterocycles. The minimum atomic E-state index is -2.82. The quantitative estimate of drug-likeness (QED) is 0.771. The van der Waals surface area contributed by atoms with E-state index >= 15 is 0 Å². The second-order valence-electron chi connectivity index (χ2n) is 4.43. The number of hydrogen-bond acceptors (Lipinski definition) is 5. The van der Waals surface area contributed by atoms with Crippen LogP contribution in [0.4, 0.5) is 0 Å². The Kier molecular flexibility index (Phi) is 3.37. The van der Waals surface area contributed by atoms with Crippen LogP contribution < -0.4 is 14.7 Å². The zero-order valence-corrected chi connectivity index (χ0v) is 12.3. The molecule has 100 valence electrons. The Labute approximate surface area is 108 Å². The van der Waals surface area contributed by atoms with Gasteiger partial charge in [0, 0.05) is 40.4 Å². The van der Waals surface area contributed by atoms with E-state index in [1.165, 1.54) is 0 Å². The molecule has 2 rings (SSSR count). The Bertz CT molecular complexity index is 434. The molecule has 0 aliphatic carbocycles. The van der Waals surface area contributed by atoms with Gasteiger partial charge in [0.15, 0.2) is 11.5 Å². The van der Waals surface area contributed by atoms with Gasteiger partial charge in [-0.05, 0) is 12.1 Å². The smallest absolute Gasteiger partial charge is 0.449 e. The van der Waals surface area contributed by atoms with Crippen molar-refractivity contribution < 1.29 is 22.8 Å². The third-order valence-corrected chi connectivity index (χ3v) is 5.45. The van der Waals surface area contributed by atoms with Crippen molar-refractivity contribution in [1.29, 1.82) is 0 Å². The lowest BCUT2D eigenvalue weighted by Gasteiger charge is -2.24. The molecule has 0 aromatic heterocycles. The van der Waals surface area contributed by atoms with E-state index in [1.54, 1.807) is 21.3 Å². The molecule has 1 aromatic rings. The molecular formula is C12H18O5Si. The van der Waals surface area contributed by atoms with Gasteiger partial charge in [-0.15, -0.1) is 0 Å². The van der Waals surface area contributed by atoms with Crippen LogP contribution in [0.2, 0.25) is 0 Å². The molecule has 1 aromatic carbocycles. The lowest BCUT2D eigenvalue weighted by atomic mass is 10.3. The Morgan fingerprint density at radius 3 is 2.06 bits per heavy atom. The van der Waals surface area contributed by atoms with Crippen LogP contribution in [0.5, 0.6) is 11.5 Å². The summed E-state index contributed by atoms with van der Waals surface area (Å²) >= 11 is 0. The van der Waals surface area contributed by atoms with Gasteiger partial charge in [0.1, 0.15) is 0 Å².